The lowest BCUT2D eigenvalue weighted by Crippen LogP contribution is -1.98. The van der Waals surface area contributed by atoms with Crippen LogP contribution in [0.5, 0.6) is 0 Å². The lowest BCUT2D eigenvalue weighted by atomic mass is 10.2. The molecule has 12 heavy (non-hydrogen) atoms. The molecule has 0 aliphatic carbocycles. The highest BCUT2D eigenvalue weighted by Crippen LogP contribution is 1.98. The molecule has 1 unspecified atom stereocenters. The van der Waals surface area contributed by atoms with Crippen molar-refractivity contribution in [2.75, 3.05) is 5.75 Å². The van der Waals surface area contributed by atoms with Gasteiger partial charge in [-0.25, -0.2) is 0 Å². The van der Waals surface area contributed by atoms with Gasteiger partial charge in [0.15, 0.2) is 0 Å². The molecule has 0 fully saturated rings. The Morgan fingerprint density at radius 2 is 2.33 bits per heavy atom. The maximum Gasteiger partial charge on any atom is 0.0403 e. The number of aryl methyl sites for hydroxylation is 1. The molecule has 0 aromatic carbocycles. The number of aromatic nitrogens is 1. The zero-order chi connectivity index (χ0) is 8.81. The van der Waals surface area contributed by atoms with Gasteiger partial charge in [0.1, 0.15) is 0 Å². The Bertz CT molecular complexity index is 250. The van der Waals surface area contributed by atoms with Crippen molar-refractivity contribution in [1.82, 2.24) is 4.98 Å². The Balaban J connectivity index is 2.29. The van der Waals surface area contributed by atoms with Crippen molar-refractivity contribution in [3.05, 3.63) is 30.1 Å². The van der Waals surface area contributed by atoms with Gasteiger partial charge in [0.05, 0.1) is 0 Å². The first-order chi connectivity index (χ1) is 5.79. The Labute approximate surface area is 74.1 Å². The second-order valence-electron chi connectivity index (χ2n) is 2.43. The standard InChI is InChI=1S/C8H11NO2S/c10-12(11)7-3-5-8-4-1-2-6-9-8/h1-2,4,6H,3,5,7H2,(H,10,11)/p-1. The first-order valence-corrected chi connectivity index (χ1v) is 4.99. The van der Waals surface area contributed by atoms with Gasteiger partial charge in [-0.15, -0.1) is 0 Å². The van der Waals surface area contributed by atoms with Crippen molar-refractivity contribution >= 4 is 11.1 Å². The van der Waals surface area contributed by atoms with E-state index in [0.29, 0.717) is 6.42 Å². The number of rotatable bonds is 4. The van der Waals surface area contributed by atoms with Crippen LogP contribution in [0.2, 0.25) is 0 Å². The molecule has 4 heteroatoms. The maximum atomic E-state index is 10.2. The quantitative estimate of drug-likeness (QED) is 0.653. The highest BCUT2D eigenvalue weighted by Gasteiger charge is 1.92. The van der Waals surface area contributed by atoms with E-state index in [1.807, 2.05) is 18.2 Å². The number of pyridine rings is 1. The topological polar surface area (TPSA) is 53.0 Å². The van der Waals surface area contributed by atoms with Gasteiger partial charge < -0.3 is 4.55 Å². The summed E-state index contributed by atoms with van der Waals surface area (Å²) in [5.41, 5.74) is 0.947. The number of hydrogen-bond acceptors (Lipinski definition) is 3. The second-order valence-corrected chi connectivity index (χ2v) is 3.45. The molecule has 1 heterocycles. The van der Waals surface area contributed by atoms with Gasteiger partial charge in [0.2, 0.25) is 0 Å². The Morgan fingerprint density at radius 1 is 1.50 bits per heavy atom. The van der Waals surface area contributed by atoms with Crippen LogP contribution >= 0.6 is 0 Å². The molecule has 1 atom stereocenters. The lowest BCUT2D eigenvalue weighted by molar-refractivity contribution is 0.534. The fourth-order valence-corrected chi connectivity index (χ4v) is 1.30. The van der Waals surface area contributed by atoms with Crippen LogP contribution in [0.4, 0.5) is 0 Å². The van der Waals surface area contributed by atoms with Crippen LogP contribution < -0.4 is 0 Å². The summed E-state index contributed by atoms with van der Waals surface area (Å²) in [4.78, 5) is 4.07. The summed E-state index contributed by atoms with van der Waals surface area (Å²) in [5.74, 6) is 0.219. The van der Waals surface area contributed by atoms with Gasteiger partial charge in [-0.2, -0.15) is 0 Å². The van der Waals surface area contributed by atoms with Crippen molar-refractivity contribution in [1.29, 1.82) is 0 Å². The largest absolute Gasteiger partial charge is 0.772 e. The van der Waals surface area contributed by atoms with Gasteiger partial charge in [0, 0.05) is 17.6 Å². The van der Waals surface area contributed by atoms with Crippen molar-refractivity contribution < 1.29 is 8.76 Å². The smallest absolute Gasteiger partial charge is 0.0403 e. The van der Waals surface area contributed by atoms with E-state index in [9.17, 15) is 8.76 Å². The molecule has 0 saturated carbocycles. The number of nitrogens with zero attached hydrogens (tertiary/aromatic N) is 1. The predicted molar refractivity (Wildman–Crippen MR) is 46.3 cm³/mol. The van der Waals surface area contributed by atoms with Crippen molar-refractivity contribution in [2.45, 2.75) is 12.8 Å². The Morgan fingerprint density at radius 3 is 2.92 bits per heavy atom. The minimum Gasteiger partial charge on any atom is -0.772 e. The maximum absolute atomic E-state index is 10.2. The van der Waals surface area contributed by atoms with Gasteiger partial charge in [-0.05, 0) is 25.0 Å². The summed E-state index contributed by atoms with van der Waals surface area (Å²) in [6.07, 6.45) is 3.09. The normalized spacial score (nSPS) is 12.8. The predicted octanol–water partition coefficient (Wildman–Crippen LogP) is 0.893. The zero-order valence-electron chi connectivity index (χ0n) is 6.60. The van der Waals surface area contributed by atoms with Crippen LogP contribution in [-0.2, 0) is 17.5 Å². The zero-order valence-corrected chi connectivity index (χ0v) is 7.42. The fourth-order valence-electron chi connectivity index (χ4n) is 0.917. The summed E-state index contributed by atoms with van der Waals surface area (Å²) >= 11 is -1.92. The van der Waals surface area contributed by atoms with Crippen LogP contribution in [0.25, 0.3) is 0 Å². The Kier molecular flexibility index (Phi) is 3.90. The molecule has 0 amide bonds. The minimum atomic E-state index is -1.92. The molecule has 3 nitrogen and oxygen atoms in total. The van der Waals surface area contributed by atoms with Gasteiger partial charge in [0.25, 0.3) is 0 Å². The van der Waals surface area contributed by atoms with E-state index in [4.69, 9.17) is 0 Å². The average Bonchev–Trinajstić information content (AvgIpc) is 2.05. The van der Waals surface area contributed by atoms with E-state index in [2.05, 4.69) is 4.98 Å². The minimum absolute atomic E-state index is 0.219. The van der Waals surface area contributed by atoms with E-state index in [1.165, 1.54) is 0 Å². The molecule has 66 valence electrons. The first kappa shape index (κ1) is 9.35. The summed E-state index contributed by atoms with van der Waals surface area (Å²) < 4.78 is 20.3. The SMILES string of the molecule is O=S([O-])CCCc1ccccn1. The van der Waals surface area contributed by atoms with Gasteiger partial charge in [-0.3, -0.25) is 9.19 Å². The summed E-state index contributed by atoms with van der Waals surface area (Å²) in [7, 11) is 0. The molecule has 1 rings (SSSR count). The third-order valence-electron chi connectivity index (χ3n) is 1.47. The molecule has 0 radical (unpaired) electrons. The van der Waals surface area contributed by atoms with E-state index in [-0.39, 0.29) is 5.75 Å². The van der Waals surface area contributed by atoms with Crippen molar-refractivity contribution in [3.8, 4) is 0 Å². The molecule has 1 aromatic rings. The summed E-state index contributed by atoms with van der Waals surface area (Å²) in [5, 5.41) is 0. The van der Waals surface area contributed by atoms with E-state index >= 15 is 0 Å². The van der Waals surface area contributed by atoms with Crippen LogP contribution in [0, 0.1) is 0 Å². The Hall–Kier alpha value is -0.740. The van der Waals surface area contributed by atoms with Crippen molar-refractivity contribution in [3.63, 3.8) is 0 Å². The molecule has 0 aliphatic rings. The molecule has 1 aromatic heterocycles. The van der Waals surface area contributed by atoms with E-state index in [1.54, 1.807) is 6.20 Å². The molecule has 0 spiro atoms. The molecule has 0 aliphatic heterocycles. The molecule has 0 bridgehead atoms. The van der Waals surface area contributed by atoms with Crippen LogP contribution in [-0.4, -0.2) is 19.5 Å². The van der Waals surface area contributed by atoms with E-state index in [0.717, 1.165) is 12.1 Å². The summed E-state index contributed by atoms with van der Waals surface area (Å²) in [6.45, 7) is 0. The molecule has 0 saturated heterocycles. The third-order valence-corrected chi connectivity index (χ3v) is 2.09. The summed E-state index contributed by atoms with van der Waals surface area (Å²) in [6, 6.07) is 5.64. The third kappa shape index (κ3) is 3.59. The average molecular weight is 184 g/mol. The number of hydrogen-bond donors (Lipinski definition) is 0. The fraction of sp³-hybridized carbons (Fsp3) is 0.375. The van der Waals surface area contributed by atoms with Crippen LogP contribution in [0.1, 0.15) is 12.1 Å². The first-order valence-electron chi connectivity index (χ1n) is 3.75. The van der Waals surface area contributed by atoms with Crippen LogP contribution in [0.3, 0.4) is 0 Å². The highest BCUT2D eigenvalue weighted by molar-refractivity contribution is 7.79. The van der Waals surface area contributed by atoms with Gasteiger partial charge in [-0.1, -0.05) is 17.1 Å². The molecular weight excluding hydrogens is 174 g/mol. The second kappa shape index (κ2) is 5.00. The molecule has 0 N–H and O–H groups in total. The van der Waals surface area contributed by atoms with Crippen LogP contribution in [0.15, 0.2) is 24.4 Å². The monoisotopic (exact) mass is 184 g/mol. The van der Waals surface area contributed by atoms with Gasteiger partial charge >= 0.3 is 0 Å². The highest BCUT2D eigenvalue weighted by atomic mass is 32.2. The van der Waals surface area contributed by atoms with E-state index < -0.39 is 11.1 Å². The van der Waals surface area contributed by atoms with Crippen molar-refractivity contribution in [2.24, 2.45) is 0 Å². The lowest BCUT2D eigenvalue weighted by Gasteiger charge is -2.03. The molecular formula is C8H10NO2S-.